The molecule has 1 aromatic carbocycles. The molecule has 2 atom stereocenters. The number of sulfonamides is 1. The maximum absolute atomic E-state index is 12.4. The monoisotopic (exact) mass is 333 g/mol. The van der Waals surface area contributed by atoms with Crippen molar-refractivity contribution in [3.05, 3.63) is 28.8 Å². The van der Waals surface area contributed by atoms with Crippen LogP contribution in [-0.2, 0) is 14.8 Å². The molecular weight excluding hydrogens is 318 g/mol. The van der Waals surface area contributed by atoms with Crippen LogP contribution in [0.5, 0.6) is 0 Å². The highest BCUT2D eigenvalue weighted by molar-refractivity contribution is 7.89. The van der Waals surface area contributed by atoms with Crippen LogP contribution in [0.3, 0.4) is 0 Å². The maximum Gasteiger partial charge on any atom is 0.335 e. The van der Waals surface area contributed by atoms with Crippen LogP contribution in [-0.4, -0.2) is 38.2 Å². The van der Waals surface area contributed by atoms with Crippen molar-refractivity contribution in [2.24, 2.45) is 0 Å². The number of halogens is 1. The first kappa shape index (κ1) is 16.2. The van der Waals surface area contributed by atoms with E-state index in [1.165, 1.54) is 12.1 Å². The summed E-state index contributed by atoms with van der Waals surface area (Å²) in [6, 6.07) is 3.15. The van der Waals surface area contributed by atoms with Gasteiger partial charge in [0.2, 0.25) is 10.0 Å². The summed E-state index contributed by atoms with van der Waals surface area (Å²) in [6.45, 7) is 2.33. The third-order valence-corrected chi connectivity index (χ3v) is 5.37. The number of aromatic carboxylic acids is 1. The van der Waals surface area contributed by atoms with Crippen molar-refractivity contribution in [2.75, 3.05) is 6.61 Å². The van der Waals surface area contributed by atoms with E-state index >= 15 is 0 Å². The Morgan fingerprint density at radius 3 is 2.81 bits per heavy atom. The third kappa shape index (κ3) is 3.74. The lowest BCUT2D eigenvalue weighted by molar-refractivity contribution is 0.0696. The molecule has 1 aromatic rings. The molecule has 2 rings (SSSR count). The molecule has 0 saturated carbocycles. The Kier molecular flexibility index (Phi) is 4.88. The van der Waals surface area contributed by atoms with Gasteiger partial charge in [-0.25, -0.2) is 17.9 Å². The molecule has 2 N–H and O–H groups in total. The van der Waals surface area contributed by atoms with Gasteiger partial charge in [0, 0.05) is 12.6 Å². The molecule has 8 heteroatoms. The molecular formula is C13H16ClNO5S. The van der Waals surface area contributed by atoms with Crippen LogP contribution >= 0.6 is 11.6 Å². The molecule has 0 aliphatic carbocycles. The Bertz CT molecular complexity index is 640. The van der Waals surface area contributed by atoms with E-state index in [-0.39, 0.29) is 21.6 Å². The molecule has 0 spiro atoms. The van der Waals surface area contributed by atoms with Gasteiger partial charge in [-0.1, -0.05) is 11.6 Å². The Hall–Kier alpha value is -1.15. The molecule has 1 aliphatic heterocycles. The Balaban J connectivity index is 2.26. The lowest BCUT2D eigenvalue weighted by Crippen LogP contribution is -2.40. The molecule has 0 radical (unpaired) electrons. The third-order valence-electron chi connectivity index (χ3n) is 3.33. The van der Waals surface area contributed by atoms with E-state index in [4.69, 9.17) is 21.4 Å². The van der Waals surface area contributed by atoms with Crippen LogP contribution in [0.1, 0.15) is 30.1 Å². The Morgan fingerprint density at radius 2 is 2.24 bits per heavy atom. The SMILES string of the molecule is CC(NS(=O)(=O)c1cc(C(=O)O)ccc1Cl)C1CCCO1. The minimum atomic E-state index is -3.91. The van der Waals surface area contributed by atoms with Gasteiger partial charge in [0.1, 0.15) is 4.90 Å². The average molecular weight is 334 g/mol. The number of ether oxygens (including phenoxy) is 1. The number of nitrogens with one attached hydrogen (secondary N) is 1. The summed E-state index contributed by atoms with van der Waals surface area (Å²) < 4.78 is 32.6. The number of carboxylic acid groups (broad SMARTS) is 1. The first-order chi connectivity index (χ1) is 9.81. The predicted molar refractivity (Wildman–Crippen MR) is 77.2 cm³/mol. The minimum absolute atomic E-state index is 0.0213. The van der Waals surface area contributed by atoms with Gasteiger partial charge in [-0.3, -0.25) is 0 Å². The highest BCUT2D eigenvalue weighted by Gasteiger charge is 2.28. The molecule has 0 bridgehead atoms. The number of hydrogen-bond acceptors (Lipinski definition) is 4. The van der Waals surface area contributed by atoms with Crippen molar-refractivity contribution >= 4 is 27.6 Å². The average Bonchev–Trinajstić information content (AvgIpc) is 2.92. The van der Waals surface area contributed by atoms with Crippen molar-refractivity contribution in [2.45, 2.75) is 36.8 Å². The van der Waals surface area contributed by atoms with Crippen molar-refractivity contribution in [3.8, 4) is 0 Å². The van der Waals surface area contributed by atoms with Crippen LogP contribution in [0.2, 0.25) is 5.02 Å². The second-order valence-electron chi connectivity index (χ2n) is 4.91. The first-order valence-electron chi connectivity index (χ1n) is 6.48. The Labute approximate surface area is 128 Å². The molecule has 116 valence electrons. The highest BCUT2D eigenvalue weighted by atomic mass is 35.5. The molecule has 1 aliphatic rings. The smallest absolute Gasteiger partial charge is 0.335 e. The first-order valence-corrected chi connectivity index (χ1v) is 8.34. The van der Waals surface area contributed by atoms with Crippen LogP contribution in [0.4, 0.5) is 0 Å². The topological polar surface area (TPSA) is 92.7 Å². The zero-order valence-corrected chi connectivity index (χ0v) is 12.9. The van der Waals surface area contributed by atoms with Crippen LogP contribution < -0.4 is 4.72 Å². The summed E-state index contributed by atoms with van der Waals surface area (Å²) in [5.74, 6) is -1.21. The number of carboxylic acids is 1. The fraction of sp³-hybridized carbons (Fsp3) is 0.462. The highest BCUT2D eigenvalue weighted by Crippen LogP contribution is 2.24. The number of rotatable bonds is 5. The molecule has 21 heavy (non-hydrogen) atoms. The number of benzene rings is 1. The van der Waals surface area contributed by atoms with Crippen molar-refractivity contribution in [1.29, 1.82) is 0 Å². The van der Waals surface area contributed by atoms with Crippen molar-refractivity contribution in [1.82, 2.24) is 4.72 Å². The normalized spacial score (nSPS) is 20.4. The lowest BCUT2D eigenvalue weighted by atomic mass is 10.1. The van der Waals surface area contributed by atoms with E-state index in [1.54, 1.807) is 6.92 Å². The largest absolute Gasteiger partial charge is 0.478 e. The summed E-state index contributed by atoms with van der Waals surface area (Å²) in [6.07, 6.45) is 1.50. The second kappa shape index (κ2) is 6.31. The van der Waals surface area contributed by atoms with Gasteiger partial charge in [0.05, 0.1) is 16.7 Å². The lowest BCUT2D eigenvalue weighted by Gasteiger charge is -2.20. The summed E-state index contributed by atoms with van der Waals surface area (Å²) in [5.41, 5.74) is -0.135. The summed E-state index contributed by atoms with van der Waals surface area (Å²) in [7, 11) is -3.91. The van der Waals surface area contributed by atoms with E-state index < -0.39 is 22.0 Å². The molecule has 1 fully saturated rings. The van der Waals surface area contributed by atoms with Gasteiger partial charge in [0.25, 0.3) is 0 Å². The van der Waals surface area contributed by atoms with Gasteiger partial charge in [0.15, 0.2) is 0 Å². The fourth-order valence-corrected chi connectivity index (χ4v) is 4.02. The predicted octanol–water partition coefficient (Wildman–Crippen LogP) is 1.88. The quantitative estimate of drug-likeness (QED) is 0.858. The number of hydrogen-bond donors (Lipinski definition) is 2. The summed E-state index contributed by atoms with van der Waals surface area (Å²) >= 11 is 5.89. The summed E-state index contributed by atoms with van der Waals surface area (Å²) in [5, 5.41) is 8.92. The Morgan fingerprint density at radius 1 is 1.52 bits per heavy atom. The zero-order valence-electron chi connectivity index (χ0n) is 11.4. The fourth-order valence-electron chi connectivity index (χ4n) is 2.22. The van der Waals surface area contributed by atoms with E-state index in [1.807, 2.05) is 0 Å². The van der Waals surface area contributed by atoms with Crippen LogP contribution in [0.25, 0.3) is 0 Å². The maximum atomic E-state index is 12.4. The van der Waals surface area contributed by atoms with Crippen LogP contribution in [0, 0.1) is 0 Å². The van der Waals surface area contributed by atoms with E-state index in [0.29, 0.717) is 6.61 Å². The molecule has 6 nitrogen and oxygen atoms in total. The van der Waals surface area contributed by atoms with Gasteiger partial charge in [-0.2, -0.15) is 0 Å². The molecule has 0 aromatic heterocycles. The van der Waals surface area contributed by atoms with E-state index in [0.717, 1.165) is 18.9 Å². The van der Waals surface area contributed by atoms with Gasteiger partial charge in [-0.15, -0.1) is 0 Å². The van der Waals surface area contributed by atoms with Crippen molar-refractivity contribution in [3.63, 3.8) is 0 Å². The van der Waals surface area contributed by atoms with E-state index in [9.17, 15) is 13.2 Å². The molecule has 2 unspecified atom stereocenters. The zero-order chi connectivity index (χ0) is 15.6. The van der Waals surface area contributed by atoms with Gasteiger partial charge in [-0.05, 0) is 38.0 Å². The second-order valence-corrected chi connectivity index (χ2v) is 7.00. The standard InChI is InChI=1S/C13H16ClNO5S/c1-8(11-3-2-6-20-11)15-21(18,19)12-7-9(13(16)17)4-5-10(12)14/h4-5,7-8,11,15H,2-3,6H2,1H3,(H,16,17). The molecule has 1 saturated heterocycles. The van der Waals surface area contributed by atoms with E-state index in [2.05, 4.69) is 4.72 Å². The summed E-state index contributed by atoms with van der Waals surface area (Å²) in [4.78, 5) is 10.7. The van der Waals surface area contributed by atoms with Crippen LogP contribution in [0.15, 0.2) is 23.1 Å². The number of carbonyl (C=O) groups is 1. The minimum Gasteiger partial charge on any atom is -0.478 e. The van der Waals surface area contributed by atoms with Gasteiger partial charge < -0.3 is 9.84 Å². The molecule has 1 heterocycles. The van der Waals surface area contributed by atoms with Crippen molar-refractivity contribution < 1.29 is 23.1 Å². The molecule has 0 amide bonds. The van der Waals surface area contributed by atoms with Gasteiger partial charge >= 0.3 is 5.97 Å².